The predicted molar refractivity (Wildman–Crippen MR) is 121 cm³/mol. The van der Waals surface area contributed by atoms with Crippen molar-refractivity contribution in [2.24, 2.45) is 0 Å². The molecular weight excluding hydrogens is 396 g/mol. The van der Waals surface area contributed by atoms with Crippen LogP contribution in [0.1, 0.15) is 94.9 Å². The van der Waals surface area contributed by atoms with Crippen molar-refractivity contribution < 1.29 is 18.4 Å². The lowest BCUT2D eigenvalue weighted by atomic mass is 9.78. The molecule has 0 aromatic carbocycles. The Morgan fingerprint density at radius 1 is 0.667 bits per heavy atom. The Kier molecular flexibility index (Phi) is 6.93. The van der Waals surface area contributed by atoms with Gasteiger partial charge in [-0.3, -0.25) is 9.59 Å². The first-order valence-electron chi connectivity index (χ1n) is 11.2. The molecule has 0 aliphatic carbocycles. The van der Waals surface area contributed by atoms with Gasteiger partial charge >= 0.3 is 9.28 Å². The zero-order valence-electron chi connectivity index (χ0n) is 21.0. The standard InChI is InChI=1S/C23H43N2O4Si/c1-16(26)24-20(3,4)12-18(13-21(24,5)6)28-30(11)29-19-14-22(7,8)25(17(2)27)23(9,10)15-19/h18-19H,12-15H2,1-11H3. The molecule has 6 nitrogen and oxygen atoms in total. The highest BCUT2D eigenvalue weighted by Crippen LogP contribution is 2.41. The molecule has 2 fully saturated rings. The van der Waals surface area contributed by atoms with Crippen molar-refractivity contribution in [3.8, 4) is 0 Å². The van der Waals surface area contributed by atoms with Gasteiger partial charge in [0, 0.05) is 36.0 Å². The summed E-state index contributed by atoms with van der Waals surface area (Å²) in [6.45, 7) is 22.4. The fraction of sp³-hybridized carbons (Fsp3) is 0.913. The van der Waals surface area contributed by atoms with E-state index in [-0.39, 0.29) is 46.2 Å². The number of carbonyl (C=O) groups excluding carboxylic acids is 2. The van der Waals surface area contributed by atoms with Crippen molar-refractivity contribution >= 4 is 21.1 Å². The van der Waals surface area contributed by atoms with Crippen LogP contribution in [0.4, 0.5) is 0 Å². The predicted octanol–water partition coefficient (Wildman–Crippen LogP) is 4.27. The fourth-order valence-electron chi connectivity index (χ4n) is 6.75. The van der Waals surface area contributed by atoms with E-state index < -0.39 is 9.28 Å². The van der Waals surface area contributed by atoms with Gasteiger partial charge in [0.05, 0.1) is 12.2 Å². The van der Waals surface area contributed by atoms with E-state index in [1.165, 1.54) is 0 Å². The summed E-state index contributed by atoms with van der Waals surface area (Å²) in [7, 11) is -1.47. The van der Waals surface area contributed by atoms with Crippen LogP contribution < -0.4 is 0 Å². The van der Waals surface area contributed by atoms with Crippen molar-refractivity contribution in [1.82, 2.24) is 9.80 Å². The number of nitrogens with zero attached hydrogens (tertiary/aromatic N) is 2. The highest BCUT2D eigenvalue weighted by atomic mass is 28.3. The number of carbonyl (C=O) groups is 2. The zero-order valence-corrected chi connectivity index (χ0v) is 22.0. The van der Waals surface area contributed by atoms with Gasteiger partial charge in [-0.1, -0.05) is 0 Å². The van der Waals surface area contributed by atoms with E-state index in [1.54, 1.807) is 13.8 Å². The Bertz CT molecular complexity index is 582. The monoisotopic (exact) mass is 439 g/mol. The van der Waals surface area contributed by atoms with Gasteiger partial charge in [-0.05, 0) is 87.6 Å². The van der Waals surface area contributed by atoms with Crippen LogP contribution in [-0.4, -0.2) is 65.3 Å². The molecule has 0 aromatic rings. The van der Waals surface area contributed by atoms with Crippen molar-refractivity contribution in [2.45, 2.75) is 136 Å². The summed E-state index contributed by atoms with van der Waals surface area (Å²) >= 11 is 0. The van der Waals surface area contributed by atoms with Crippen molar-refractivity contribution in [1.29, 1.82) is 0 Å². The van der Waals surface area contributed by atoms with Crippen LogP contribution in [0.25, 0.3) is 0 Å². The molecule has 0 spiro atoms. The zero-order chi connectivity index (χ0) is 23.3. The first-order valence-corrected chi connectivity index (χ1v) is 13.0. The van der Waals surface area contributed by atoms with Gasteiger partial charge in [0.25, 0.3) is 0 Å². The van der Waals surface area contributed by atoms with Crippen LogP contribution in [0.3, 0.4) is 0 Å². The summed E-state index contributed by atoms with van der Waals surface area (Å²) in [6, 6.07) is 0. The molecule has 2 saturated heterocycles. The molecule has 0 N–H and O–H groups in total. The van der Waals surface area contributed by atoms with E-state index in [9.17, 15) is 9.59 Å². The molecular formula is C23H43N2O4Si. The highest BCUT2D eigenvalue weighted by molar-refractivity contribution is 6.42. The summed E-state index contributed by atoms with van der Waals surface area (Å²) in [6.07, 6.45) is 3.37. The maximum Gasteiger partial charge on any atom is 0.381 e. The third-order valence-electron chi connectivity index (χ3n) is 6.63. The maximum atomic E-state index is 12.3. The van der Waals surface area contributed by atoms with E-state index in [4.69, 9.17) is 8.85 Å². The van der Waals surface area contributed by atoms with Crippen molar-refractivity contribution in [2.75, 3.05) is 0 Å². The molecule has 2 aliphatic rings. The van der Waals surface area contributed by atoms with E-state index >= 15 is 0 Å². The largest absolute Gasteiger partial charge is 0.390 e. The molecule has 0 aromatic heterocycles. The minimum Gasteiger partial charge on any atom is -0.390 e. The maximum absolute atomic E-state index is 12.3. The van der Waals surface area contributed by atoms with Crippen molar-refractivity contribution in [3.63, 3.8) is 0 Å². The Morgan fingerprint density at radius 3 is 1.10 bits per heavy atom. The molecule has 1 radical (unpaired) electrons. The summed E-state index contributed by atoms with van der Waals surface area (Å²) in [4.78, 5) is 28.5. The van der Waals surface area contributed by atoms with Crippen LogP contribution in [0.5, 0.6) is 0 Å². The van der Waals surface area contributed by atoms with Crippen LogP contribution in [0.2, 0.25) is 6.55 Å². The molecule has 7 heteroatoms. The number of hydrogen-bond donors (Lipinski definition) is 0. The van der Waals surface area contributed by atoms with Crippen LogP contribution in [0.15, 0.2) is 0 Å². The quantitative estimate of drug-likeness (QED) is 0.614. The summed E-state index contributed by atoms with van der Waals surface area (Å²) in [5, 5.41) is 0. The van der Waals surface area contributed by atoms with Gasteiger partial charge in [0.1, 0.15) is 0 Å². The second-order valence-corrected chi connectivity index (χ2v) is 13.2. The molecule has 30 heavy (non-hydrogen) atoms. The van der Waals surface area contributed by atoms with E-state index in [2.05, 4.69) is 61.9 Å². The third-order valence-corrected chi connectivity index (χ3v) is 7.96. The molecule has 2 rings (SSSR count). The number of amides is 2. The molecule has 0 atom stereocenters. The lowest BCUT2D eigenvalue weighted by molar-refractivity contribution is -0.153. The van der Waals surface area contributed by atoms with Crippen LogP contribution in [-0.2, 0) is 18.4 Å². The third kappa shape index (κ3) is 5.28. The Morgan fingerprint density at radius 2 is 0.900 bits per heavy atom. The normalized spacial score (nSPS) is 26.1. The van der Waals surface area contributed by atoms with Crippen molar-refractivity contribution in [3.05, 3.63) is 0 Å². The molecule has 0 bridgehead atoms. The lowest BCUT2D eigenvalue weighted by Crippen LogP contribution is -2.64. The van der Waals surface area contributed by atoms with Gasteiger partial charge in [-0.25, -0.2) is 0 Å². The number of rotatable bonds is 4. The lowest BCUT2D eigenvalue weighted by Gasteiger charge is -2.56. The smallest absolute Gasteiger partial charge is 0.381 e. The molecule has 0 unspecified atom stereocenters. The topological polar surface area (TPSA) is 59.1 Å². The molecule has 0 saturated carbocycles. The Labute approximate surface area is 185 Å². The second kappa shape index (κ2) is 8.21. The summed E-state index contributed by atoms with van der Waals surface area (Å²) < 4.78 is 12.9. The average molecular weight is 440 g/mol. The van der Waals surface area contributed by atoms with Gasteiger partial charge in [-0.2, -0.15) is 0 Å². The molecule has 2 amide bonds. The van der Waals surface area contributed by atoms with Crippen LogP contribution in [0, 0.1) is 0 Å². The van der Waals surface area contributed by atoms with Gasteiger partial charge in [0.15, 0.2) is 0 Å². The SMILES string of the molecule is CC(=O)N1C(C)(C)CC(O[Si](C)OC2CC(C)(C)N(C(C)=O)C(C)(C)C2)CC1(C)C. The highest BCUT2D eigenvalue weighted by Gasteiger charge is 2.49. The molecule has 2 heterocycles. The number of likely N-dealkylation sites (tertiary alicyclic amines) is 2. The van der Waals surface area contributed by atoms with Gasteiger partial charge < -0.3 is 18.7 Å². The van der Waals surface area contributed by atoms with Gasteiger partial charge in [-0.15, -0.1) is 0 Å². The summed E-state index contributed by atoms with van der Waals surface area (Å²) in [5.74, 6) is 0.229. The minimum absolute atomic E-state index is 0.0721. The Balaban J connectivity index is 2.05. The average Bonchev–Trinajstić information content (AvgIpc) is 2.38. The van der Waals surface area contributed by atoms with E-state index in [1.807, 2.05) is 9.80 Å². The van der Waals surface area contributed by atoms with Gasteiger partial charge in [0.2, 0.25) is 11.8 Å². The van der Waals surface area contributed by atoms with E-state index in [0.29, 0.717) is 0 Å². The van der Waals surface area contributed by atoms with Crippen LogP contribution >= 0.6 is 0 Å². The summed E-state index contributed by atoms with van der Waals surface area (Å²) in [5.41, 5.74) is -1.01. The van der Waals surface area contributed by atoms with E-state index in [0.717, 1.165) is 25.7 Å². The first kappa shape index (κ1) is 25.3. The number of hydrogen-bond acceptors (Lipinski definition) is 4. The Hall–Kier alpha value is -0.923. The molecule has 173 valence electrons. The second-order valence-electron chi connectivity index (χ2n) is 11.7. The number of piperidine rings is 2. The molecule has 2 aliphatic heterocycles. The minimum atomic E-state index is -1.47. The first-order chi connectivity index (χ1) is 13.4. The fourth-order valence-corrected chi connectivity index (χ4v) is 8.07.